The summed E-state index contributed by atoms with van der Waals surface area (Å²) in [6.45, 7) is 0.798. The molecule has 5 heteroatoms. The Kier molecular flexibility index (Phi) is 2.25. The van der Waals surface area contributed by atoms with Crippen molar-refractivity contribution in [2.24, 2.45) is 0 Å². The number of aromatic nitrogens is 3. The predicted molar refractivity (Wildman–Crippen MR) is 60.8 cm³/mol. The molecule has 0 bridgehead atoms. The molecule has 1 aliphatic rings. The van der Waals surface area contributed by atoms with E-state index in [1.54, 1.807) is 12.4 Å². The molecule has 0 aliphatic carbocycles. The van der Waals surface area contributed by atoms with E-state index in [4.69, 9.17) is 10.5 Å². The quantitative estimate of drug-likeness (QED) is 0.791. The Balaban J connectivity index is 2.08. The smallest absolute Gasteiger partial charge is 0.153 e. The highest BCUT2D eigenvalue weighted by atomic mass is 16.5. The molecule has 5 nitrogen and oxygen atoms in total. The van der Waals surface area contributed by atoms with E-state index in [2.05, 4.69) is 10.1 Å². The lowest BCUT2D eigenvalue weighted by Crippen LogP contribution is -2.19. The van der Waals surface area contributed by atoms with E-state index in [9.17, 15) is 0 Å². The van der Waals surface area contributed by atoms with Gasteiger partial charge in [0.25, 0.3) is 0 Å². The number of fused-ring (bicyclic) bond motifs is 1. The molecule has 1 atom stereocenters. The van der Waals surface area contributed by atoms with Crippen LogP contribution in [0, 0.1) is 0 Å². The molecule has 84 valence electrons. The van der Waals surface area contributed by atoms with Crippen LogP contribution in [-0.4, -0.2) is 21.4 Å². The first-order valence-electron chi connectivity index (χ1n) is 5.55. The average Bonchev–Trinajstić information content (AvgIpc) is 2.69. The van der Waals surface area contributed by atoms with Crippen LogP contribution in [0.3, 0.4) is 0 Å². The summed E-state index contributed by atoms with van der Waals surface area (Å²) < 4.78 is 7.56. The summed E-state index contributed by atoms with van der Waals surface area (Å²) in [7, 11) is 0. The van der Waals surface area contributed by atoms with Crippen LogP contribution in [-0.2, 0) is 4.74 Å². The van der Waals surface area contributed by atoms with Crippen LogP contribution >= 0.6 is 0 Å². The third kappa shape index (κ3) is 1.44. The molecule has 2 aromatic rings. The zero-order chi connectivity index (χ0) is 11.0. The van der Waals surface area contributed by atoms with Gasteiger partial charge in [-0.3, -0.25) is 4.98 Å². The summed E-state index contributed by atoms with van der Waals surface area (Å²) in [6.07, 6.45) is 6.82. The number of nitrogens with two attached hydrogens (primary N) is 1. The molecule has 0 saturated carbocycles. The average molecular weight is 218 g/mol. The summed E-state index contributed by atoms with van der Waals surface area (Å²) in [5.41, 5.74) is 6.82. The Hall–Kier alpha value is -1.62. The van der Waals surface area contributed by atoms with E-state index in [0.29, 0.717) is 5.82 Å². The second kappa shape index (κ2) is 3.75. The van der Waals surface area contributed by atoms with Crippen molar-refractivity contribution in [1.29, 1.82) is 0 Å². The Labute approximate surface area is 93.2 Å². The van der Waals surface area contributed by atoms with Crippen LogP contribution in [0.5, 0.6) is 0 Å². The molecule has 0 aromatic carbocycles. The third-order valence-electron chi connectivity index (χ3n) is 2.97. The van der Waals surface area contributed by atoms with Gasteiger partial charge in [-0.15, -0.1) is 0 Å². The van der Waals surface area contributed by atoms with Crippen LogP contribution in [0.25, 0.3) is 10.9 Å². The molecule has 1 saturated heterocycles. The van der Waals surface area contributed by atoms with Gasteiger partial charge in [-0.25, -0.2) is 4.68 Å². The molecule has 3 heterocycles. The lowest BCUT2D eigenvalue weighted by atomic mass is 10.2. The lowest BCUT2D eigenvalue weighted by Gasteiger charge is -2.23. The summed E-state index contributed by atoms with van der Waals surface area (Å²) in [5.74, 6) is 0.548. The molecule has 16 heavy (non-hydrogen) atoms. The highest BCUT2D eigenvalue weighted by molar-refractivity contribution is 5.88. The first-order chi connectivity index (χ1) is 7.86. The van der Waals surface area contributed by atoms with Gasteiger partial charge in [-0.2, -0.15) is 5.10 Å². The van der Waals surface area contributed by atoms with Crippen molar-refractivity contribution in [3.05, 3.63) is 18.5 Å². The summed E-state index contributed by atoms with van der Waals surface area (Å²) >= 11 is 0. The maximum absolute atomic E-state index is 5.87. The molecule has 0 amide bonds. The minimum absolute atomic E-state index is 0.0118. The fourth-order valence-corrected chi connectivity index (χ4v) is 2.15. The summed E-state index contributed by atoms with van der Waals surface area (Å²) in [4.78, 5) is 4.11. The topological polar surface area (TPSA) is 66.0 Å². The lowest BCUT2D eigenvalue weighted by molar-refractivity contribution is -0.0365. The summed E-state index contributed by atoms with van der Waals surface area (Å²) in [6, 6.07) is 1.89. The summed E-state index contributed by atoms with van der Waals surface area (Å²) in [5, 5.41) is 5.29. The third-order valence-corrected chi connectivity index (χ3v) is 2.97. The van der Waals surface area contributed by atoms with Crippen LogP contribution in [0.2, 0.25) is 0 Å². The van der Waals surface area contributed by atoms with Crippen LogP contribution in [0.15, 0.2) is 18.5 Å². The number of pyridine rings is 1. The molecular weight excluding hydrogens is 204 g/mol. The fourth-order valence-electron chi connectivity index (χ4n) is 2.15. The normalized spacial score (nSPS) is 21.4. The predicted octanol–water partition coefficient (Wildman–Crippen LogP) is 1.71. The van der Waals surface area contributed by atoms with E-state index < -0.39 is 0 Å². The van der Waals surface area contributed by atoms with Crippen LogP contribution in [0.4, 0.5) is 5.82 Å². The van der Waals surface area contributed by atoms with Gasteiger partial charge in [-0.1, -0.05) is 0 Å². The van der Waals surface area contributed by atoms with E-state index in [0.717, 1.165) is 30.4 Å². The molecule has 0 radical (unpaired) electrons. The molecule has 0 unspecified atom stereocenters. The molecule has 2 aromatic heterocycles. The van der Waals surface area contributed by atoms with Gasteiger partial charge >= 0.3 is 0 Å². The van der Waals surface area contributed by atoms with Gasteiger partial charge in [-0.05, 0) is 25.3 Å². The Morgan fingerprint density at radius 2 is 2.38 bits per heavy atom. The van der Waals surface area contributed by atoms with E-state index in [1.807, 2.05) is 10.7 Å². The van der Waals surface area contributed by atoms with Crippen molar-refractivity contribution < 1.29 is 4.74 Å². The number of hydrogen-bond acceptors (Lipinski definition) is 4. The maximum atomic E-state index is 5.87. The van der Waals surface area contributed by atoms with E-state index >= 15 is 0 Å². The Morgan fingerprint density at radius 3 is 3.19 bits per heavy atom. The van der Waals surface area contributed by atoms with E-state index in [1.165, 1.54) is 6.42 Å². The SMILES string of the molecule is Nc1nn([C@@H]2CCCCO2)c2cnccc12. The van der Waals surface area contributed by atoms with Gasteiger partial charge in [0.05, 0.1) is 11.7 Å². The van der Waals surface area contributed by atoms with Crippen molar-refractivity contribution in [3.8, 4) is 0 Å². The number of anilines is 1. The zero-order valence-electron chi connectivity index (χ0n) is 8.97. The first kappa shape index (κ1) is 9.59. The van der Waals surface area contributed by atoms with Crippen LogP contribution in [0.1, 0.15) is 25.5 Å². The molecule has 1 aliphatic heterocycles. The van der Waals surface area contributed by atoms with Crippen molar-refractivity contribution in [3.63, 3.8) is 0 Å². The zero-order valence-corrected chi connectivity index (χ0v) is 8.97. The molecule has 1 fully saturated rings. The second-order valence-corrected chi connectivity index (χ2v) is 4.04. The monoisotopic (exact) mass is 218 g/mol. The highest BCUT2D eigenvalue weighted by Crippen LogP contribution is 2.28. The highest BCUT2D eigenvalue weighted by Gasteiger charge is 2.19. The number of rotatable bonds is 1. The first-order valence-corrected chi connectivity index (χ1v) is 5.55. The van der Waals surface area contributed by atoms with Crippen molar-refractivity contribution in [2.45, 2.75) is 25.5 Å². The number of ether oxygens (including phenoxy) is 1. The largest absolute Gasteiger partial charge is 0.382 e. The van der Waals surface area contributed by atoms with Gasteiger partial charge in [0.15, 0.2) is 12.0 Å². The van der Waals surface area contributed by atoms with Crippen molar-refractivity contribution >= 4 is 16.7 Å². The van der Waals surface area contributed by atoms with E-state index in [-0.39, 0.29) is 6.23 Å². The van der Waals surface area contributed by atoms with Gasteiger partial charge in [0.2, 0.25) is 0 Å². The van der Waals surface area contributed by atoms with Crippen molar-refractivity contribution in [1.82, 2.24) is 14.8 Å². The minimum Gasteiger partial charge on any atom is -0.382 e. The van der Waals surface area contributed by atoms with Crippen molar-refractivity contribution in [2.75, 3.05) is 12.3 Å². The van der Waals surface area contributed by atoms with Gasteiger partial charge in [0.1, 0.15) is 0 Å². The standard InChI is InChI=1S/C11H14N4O/c12-11-8-4-5-13-7-9(8)15(14-11)10-3-1-2-6-16-10/h4-5,7,10H,1-3,6H2,(H2,12,14)/t10-/m0/s1. The molecular formula is C11H14N4O. The van der Waals surface area contributed by atoms with Crippen LogP contribution < -0.4 is 5.73 Å². The number of nitrogens with zero attached hydrogens (tertiary/aromatic N) is 3. The maximum Gasteiger partial charge on any atom is 0.153 e. The molecule has 0 spiro atoms. The fraction of sp³-hybridized carbons (Fsp3) is 0.455. The number of hydrogen-bond donors (Lipinski definition) is 1. The minimum atomic E-state index is 0.0118. The van der Waals surface area contributed by atoms with Gasteiger partial charge in [0, 0.05) is 18.2 Å². The van der Waals surface area contributed by atoms with Gasteiger partial charge < -0.3 is 10.5 Å². The Bertz CT molecular complexity index is 502. The second-order valence-electron chi connectivity index (χ2n) is 4.04. The number of nitrogen functional groups attached to an aromatic ring is 1. The molecule has 3 rings (SSSR count). The Morgan fingerprint density at radius 1 is 1.44 bits per heavy atom. The molecule has 2 N–H and O–H groups in total.